The number of hydrogen-bond acceptors (Lipinski definition) is 4. The molecule has 0 aliphatic rings. The number of unbranched alkanes of at least 4 members (excludes halogenated alkanes) is 2. The molecule has 0 atom stereocenters. The van der Waals surface area contributed by atoms with Crippen LogP contribution in [-0.4, -0.2) is 25.2 Å². The molecule has 0 saturated heterocycles. The summed E-state index contributed by atoms with van der Waals surface area (Å²) in [5.41, 5.74) is 0. The highest BCUT2D eigenvalue weighted by Gasteiger charge is 2.03. The maximum Gasteiger partial charge on any atom is 0.305 e. The molecule has 0 radical (unpaired) electrons. The van der Waals surface area contributed by atoms with Gasteiger partial charge in [-0.05, 0) is 26.2 Å². The van der Waals surface area contributed by atoms with E-state index in [4.69, 9.17) is 9.47 Å². The molecule has 16 heavy (non-hydrogen) atoms. The second kappa shape index (κ2) is 10.5. The fraction of sp³-hybridized carbons (Fsp3) is 0.833. The van der Waals surface area contributed by atoms with Crippen molar-refractivity contribution in [3.05, 3.63) is 0 Å². The fourth-order valence-electron chi connectivity index (χ4n) is 1.18. The summed E-state index contributed by atoms with van der Waals surface area (Å²) < 4.78 is 9.77. The summed E-state index contributed by atoms with van der Waals surface area (Å²) in [7, 11) is 0. The van der Waals surface area contributed by atoms with E-state index in [2.05, 4.69) is 0 Å². The van der Waals surface area contributed by atoms with Crippen LogP contribution < -0.4 is 0 Å². The zero-order chi connectivity index (χ0) is 12.2. The van der Waals surface area contributed by atoms with Crippen molar-refractivity contribution in [1.29, 1.82) is 0 Å². The summed E-state index contributed by atoms with van der Waals surface area (Å²) in [5.74, 6) is -0.321. The number of carbonyl (C=O) groups is 2. The van der Waals surface area contributed by atoms with E-state index >= 15 is 0 Å². The van der Waals surface area contributed by atoms with E-state index in [0.29, 0.717) is 32.5 Å². The van der Waals surface area contributed by atoms with Crippen LogP contribution in [0.5, 0.6) is 0 Å². The highest BCUT2D eigenvalue weighted by Crippen LogP contribution is 2.01. The molecule has 0 aliphatic carbocycles. The molecular weight excluding hydrogens is 208 g/mol. The summed E-state index contributed by atoms with van der Waals surface area (Å²) in [6.07, 6.45) is 4.20. The Morgan fingerprint density at radius 2 is 1.50 bits per heavy atom. The monoisotopic (exact) mass is 230 g/mol. The Labute approximate surface area is 97.3 Å². The largest absolute Gasteiger partial charge is 0.466 e. The van der Waals surface area contributed by atoms with Crippen molar-refractivity contribution in [2.75, 3.05) is 13.2 Å². The molecule has 0 saturated carbocycles. The average Bonchev–Trinajstić information content (AvgIpc) is 2.26. The van der Waals surface area contributed by atoms with E-state index in [-0.39, 0.29) is 11.9 Å². The van der Waals surface area contributed by atoms with E-state index in [9.17, 15) is 9.59 Å². The number of carbonyl (C=O) groups excluding carboxylic acids is 2. The zero-order valence-electron chi connectivity index (χ0n) is 10.3. The van der Waals surface area contributed by atoms with E-state index in [1.165, 1.54) is 0 Å². The zero-order valence-corrected chi connectivity index (χ0v) is 10.3. The molecule has 0 bridgehead atoms. The highest BCUT2D eigenvalue weighted by molar-refractivity contribution is 5.69. The fourth-order valence-corrected chi connectivity index (χ4v) is 1.18. The Hall–Kier alpha value is -1.06. The molecule has 0 rings (SSSR count). The summed E-state index contributed by atoms with van der Waals surface area (Å²) in [6, 6.07) is 0. The van der Waals surface area contributed by atoms with Crippen molar-refractivity contribution in [3.63, 3.8) is 0 Å². The first-order chi connectivity index (χ1) is 7.70. The van der Waals surface area contributed by atoms with Gasteiger partial charge >= 0.3 is 11.9 Å². The molecule has 0 unspecified atom stereocenters. The van der Waals surface area contributed by atoms with Crippen LogP contribution in [0.3, 0.4) is 0 Å². The number of esters is 2. The summed E-state index contributed by atoms with van der Waals surface area (Å²) in [5, 5.41) is 0. The normalized spacial score (nSPS) is 9.88. The summed E-state index contributed by atoms with van der Waals surface area (Å²) in [4.78, 5) is 22.0. The van der Waals surface area contributed by atoms with Gasteiger partial charge in [0.05, 0.1) is 13.2 Å². The third-order valence-electron chi connectivity index (χ3n) is 2.08. The van der Waals surface area contributed by atoms with E-state index in [1.807, 2.05) is 6.92 Å². The average molecular weight is 230 g/mol. The Balaban J connectivity index is 3.26. The third-order valence-corrected chi connectivity index (χ3v) is 2.08. The lowest BCUT2D eigenvalue weighted by molar-refractivity contribution is -0.144. The van der Waals surface area contributed by atoms with Gasteiger partial charge < -0.3 is 9.47 Å². The van der Waals surface area contributed by atoms with E-state index in [1.54, 1.807) is 6.92 Å². The van der Waals surface area contributed by atoms with Gasteiger partial charge in [0.25, 0.3) is 0 Å². The molecule has 0 fully saturated rings. The second-order valence-electron chi connectivity index (χ2n) is 3.59. The predicted octanol–water partition coefficient (Wildman–Crippen LogP) is 2.45. The van der Waals surface area contributed by atoms with Gasteiger partial charge in [0.2, 0.25) is 0 Å². The molecule has 4 heteroatoms. The van der Waals surface area contributed by atoms with Crippen LogP contribution in [0, 0.1) is 0 Å². The molecule has 4 nitrogen and oxygen atoms in total. The third kappa shape index (κ3) is 9.49. The van der Waals surface area contributed by atoms with Gasteiger partial charge in [0, 0.05) is 12.8 Å². The first-order valence-electron chi connectivity index (χ1n) is 6.02. The quantitative estimate of drug-likeness (QED) is 0.451. The SMILES string of the molecule is CCCCC(=O)OCCCCC(=O)OCC. The van der Waals surface area contributed by atoms with Crippen LogP contribution in [0.15, 0.2) is 0 Å². The van der Waals surface area contributed by atoms with Gasteiger partial charge in [0.15, 0.2) is 0 Å². The van der Waals surface area contributed by atoms with Crippen LogP contribution in [-0.2, 0) is 19.1 Å². The standard InChI is InChI=1S/C12H22O4/c1-3-5-8-12(14)16-10-7-6-9-11(13)15-4-2/h3-10H2,1-2H3. The lowest BCUT2D eigenvalue weighted by Crippen LogP contribution is -2.07. The van der Waals surface area contributed by atoms with Gasteiger partial charge in [-0.2, -0.15) is 0 Å². The minimum atomic E-state index is -0.181. The van der Waals surface area contributed by atoms with E-state index in [0.717, 1.165) is 19.3 Å². The van der Waals surface area contributed by atoms with Gasteiger partial charge in [-0.15, -0.1) is 0 Å². The van der Waals surface area contributed by atoms with Crippen LogP contribution in [0.4, 0.5) is 0 Å². The first-order valence-corrected chi connectivity index (χ1v) is 6.02. The van der Waals surface area contributed by atoms with Crippen molar-refractivity contribution in [3.8, 4) is 0 Å². The van der Waals surface area contributed by atoms with Crippen molar-refractivity contribution in [2.45, 2.75) is 52.4 Å². The van der Waals surface area contributed by atoms with Crippen molar-refractivity contribution < 1.29 is 19.1 Å². The molecule has 94 valence electrons. The second-order valence-corrected chi connectivity index (χ2v) is 3.59. The molecule has 0 aliphatic heterocycles. The minimum absolute atomic E-state index is 0.141. The summed E-state index contributed by atoms with van der Waals surface area (Å²) in [6.45, 7) is 4.65. The van der Waals surface area contributed by atoms with Crippen molar-refractivity contribution >= 4 is 11.9 Å². The molecule has 0 aromatic heterocycles. The molecular formula is C12H22O4. The molecule has 0 heterocycles. The molecule has 0 N–H and O–H groups in total. The minimum Gasteiger partial charge on any atom is -0.466 e. The van der Waals surface area contributed by atoms with Crippen LogP contribution in [0.1, 0.15) is 52.4 Å². The first kappa shape index (κ1) is 14.9. The number of hydrogen-bond donors (Lipinski definition) is 0. The van der Waals surface area contributed by atoms with Crippen molar-refractivity contribution in [2.24, 2.45) is 0 Å². The maximum absolute atomic E-state index is 11.1. The van der Waals surface area contributed by atoms with E-state index < -0.39 is 0 Å². The predicted molar refractivity (Wildman–Crippen MR) is 61.0 cm³/mol. The van der Waals surface area contributed by atoms with Gasteiger partial charge in [-0.25, -0.2) is 0 Å². The smallest absolute Gasteiger partial charge is 0.305 e. The molecule has 0 spiro atoms. The van der Waals surface area contributed by atoms with Gasteiger partial charge in [-0.1, -0.05) is 13.3 Å². The number of rotatable bonds is 9. The summed E-state index contributed by atoms with van der Waals surface area (Å²) >= 11 is 0. The Bertz CT molecular complexity index is 201. The maximum atomic E-state index is 11.1. The van der Waals surface area contributed by atoms with Crippen LogP contribution in [0.25, 0.3) is 0 Å². The Morgan fingerprint density at radius 1 is 0.875 bits per heavy atom. The molecule has 0 amide bonds. The van der Waals surface area contributed by atoms with Crippen LogP contribution >= 0.6 is 0 Å². The molecule has 0 aromatic carbocycles. The lowest BCUT2D eigenvalue weighted by atomic mass is 10.2. The Morgan fingerprint density at radius 3 is 2.12 bits per heavy atom. The molecule has 0 aromatic rings. The van der Waals surface area contributed by atoms with Gasteiger partial charge in [0.1, 0.15) is 0 Å². The van der Waals surface area contributed by atoms with Gasteiger partial charge in [-0.3, -0.25) is 9.59 Å². The van der Waals surface area contributed by atoms with Crippen LogP contribution in [0.2, 0.25) is 0 Å². The topological polar surface area (TPSA) is 52.6 Å². The van der Waals surface area contributed by atoms with Crippen molar-refractivity contribution in [1.82, 2.24) is 0 Å². The highest BCUT2D eigenvalue weighted by atomic mass is 16.5. The number of ether oxygens (including phenoxy) is 2. The lowest BCUT2D eigenvalue weighted by Gasteiger charge is -2.04. The Kier molecular flexibility index (Phi) is 9.76.